The van der Waals surface area contributed by atoms with Crippen molar-refractivity contribution in [3.63, 3.8) is 0 Å². The summed E-state index contributed by atoms with van der Waals surface area (Å²) >= 11 is 0. The molecule has 3 amide bonds. The Hall–Kier alpha value is -2.38. The number of nitrogens with zero attached hydrogens (tertiary/aromatic N) is 5. The molecule has 2 aliphatic heterocycles. The van der Waals surface area contributed by atoms with Gasteiger partial charge >= 0.3 is 11.8 Å². The van der Waals surface area contributed by atoms with Gasteiger partial charge in [0.25, 0.3) is 5.91 Å². The number of rotatable bonds is 2. The lowest BCUT2D eigenvalue weighted by atomic mass is 10.1. The second kappa shape index (κ2) is 6.74. The molecular formula is C18H25N5O3. The Bertz CT molecular complexity index is 725. The summed E-state index contributed by atoms with van der Waals surface area (Å²) in [7, 11) is 1.88. The molecule has 1 aliphatic carbocycles. The SMILES string of the molecule is Cn1ncc(C(=O)N2CCN(C(=O)C(=O)N3CCCC3)CC2)c1C1CC1. The van der Waals surface area contributed by atoms with Gasteiger partial charge in [0.1, 0.15) is 0 Å². The van der Waals surface area contributed by atoms with Crippen molar-refractivity contribution in [1.82, 2.24) is 24.5 Å². The molecule has 2 saturated heterocycles. The molecule has 8 heteroatoms. The van der Waals surface area contributed by atoms with E-state index in [9.17, 15) is 14.4 Å². The van der Waals surface area contributed by atoms with Crippen LogP contribution in [0.3, 0.4) is 0 Å². The van der Waals surface area contributed by atoms with Gasteiger partial charge in [0.2, 0.25) is 0 Å². The molecular weight excluding hydrogens is 334 g/mol. The van der Waals surface area contributed by atoms with E-state index in [-0.39, 0.29) is 5.91 Å². The maximum Gasteiger partial charge on any atom is 0.312 e. The van der Waals surface area contributed by atoms with E-state index >= 15 is 0 Å². The highest BCUT2D eigenvalue weighted by atomic mass is 16.2. The van der Waals surface area contributed by atoms with Crippen molar-refractivity contribution in [2.24, 2.45) is 7.05 Å². The maximum atomic E-state index is 12.9. The summed E-state index contributed by atoms with van der Waals surface area (Å²) in [4.78, 5) is 42.5. The molecule has 1 aromatic rings. The predicted molar refractivity (Wildman–Crippen MR) is 93.5 cm³/mol. The van der Waals surface area contributed by atoms with Crippen LogP contribution >= 0.6 is 0 Å². The number of hydrogen-bond donors (Lipinski definition) is 0. The summed E-state index contributed by atoms with van der Waals surface area (Å²) in [6.45, 7) is 3.07. The van der Waals surface area contributed by atoms with Crippen molar-refractivity contribution in [3.8, 4) is 0 Å². The molecule has 0 bridgehead atoms. The summed E-state index contributed by atoms with van der Waals surface area (Å²) < 4.78 is 1.80. The maximum absolute atomic E-state index is 12.9. The van der Waals surface area contributed by atoms with Gasteiger partial charge in [0.05, 0.1) is 17.5 Å². The summed E-state index contributed by atoms with van der Waals surface area (Å²) in [6.07, 6.45) is 5.82. The monoisotopic (exact) mass is 359 g/mol. The minimum absolute atomic E-state index is 0.0158. The molecule has 26 heavy (non-hydrogen) atoms. The Morgan fingerprint density at radius 1 is 0.885 bits per heavy atom. The Kier molecular flexibility index (Phi) is 4.42. The molecule has 0 unspecified atom stereocenters. The largest absolute Gasteiger partial charge is 0.335 e. The van der Waals surface area contributed by atoms with Crippen molar-refractivity contribution >= 4 is 17.7 Å². The number of carbonyl (C=O) groups is 3. The first-order valence-corrected chi connectivity index (χ1v) is 9.45. The van der Waals surface area contributed by atoms with Gasteiger partial charge in [-0.1, -0.05) is 0 Å². The van der Waals surface area contributed by atoms with E-state index in [0.717, 1.165) is 31.4 Å². The van der Waals surface area contributed by atoms with E-state index in [0.29, 0.717) is 50.7 Å². The van der Waals surface area contributed by atoms with E-state index < -0.39 is 11.8 Å². The topological polar surface area (TPSA) is 78.8 Å². The van der Waals surface area contributed by atoms with Crippen molar-refractivity contribution < 1.29 is 14.4 Å². The molecule has 3 heterocycles. The summed E-state index contributed by atoms with van der Waals surface area (Å²) in [5.74, 6) is -0.398. The van der Waals surface area contributed by atoms with Crippen LogP contribution in [0.1, 0.15) is 47.7 Å². The van der Waals surface area contributed by atoms with Crippen molar-refractivity contribution in [2.45, 2.75) is 31.6 Å². The predicted octanol–water partition coefficient (Wildman–Crippen LogP) is 0.204. The second-order valence-corrected chi connectivity index (χ2v) is 7.43. The third kappa shape index (κ3) is 3.08. The fourth-order valence-corrected chi connectivity index (χ4v) is 3.93. The van der Waals surface area contributed by atoms with Crippen LogP contribution in [0.2, 0.25) is 0 Å². The number of hydrogen-bond acceptors (Lipinski definition) is 4. The molecule has 140 valence electrons. The van der Waals surface area contributed by atoms with Gasteiger partial charge in [-0.05, 0) is 25.7 Å². The van der Waals surface area contributed by atoms with Gasteiger partial charge in [-0.15, -0.1) is 0 Å². The minimum atomic E-state index is -0.431. The van der Waals surface area contributed by atoms with Crippen LogP contribution < -0.4 is 0 Å². The lowest BCUT2D eigenvalue weighted by molar-refractivity contribution is -0.152. The summed E-state index contributed by atoms with van der Waals surface area (Å²) in [5, 5.41) is 4.26. The Morgan fingerprint density at radius 3 is 2.00 bits per heavy atom. The molecule has 0 aromatic carbocycles. The number of likely N-dealkylation sites (tertiary alicyclic amines) is 1. The first-order chi connectivity index (χ1) is 12.6. The van der Waals surface area contributed by atoms with Crippen molar-refractivity contribution in [1.29, 1.82) is 0 Å². The van der Waals surface area contributed by atoms with Crippen LogP contribution in [0.25, 0.3) is 0 Å². The Balaban J connectivity index is 1.37. The average molecular weight is 359 g/mol. The van der Waals surface area contributed by atoms with E-state index in [1.807, 2.05) is 7.05 Å². The first-order valence-electron chi connectivity index (χ1n) is 9.45. The fraction of sp³-hybridized carbons (Fsp3) is 0.667. The van der Waals surface area contributed by atoms with E-state index in [1.54, 1.807) is 25.6 Å². The molecule has 8 nitrogen and oxygen atoms in total. The molecule has 3 fully saturated rings. The minimum Gasteiger partial charge on any atom is -0.335 e. The Morgan fingerprint density at radius 2 is 1.42 bits per heavy atom. The number of aromatic nitrogens is 2. The van der Waals surface area contributed by atoms with Crippen LogP contribution in [-0.4, -0.2) is 81.5 Å². The summed E-state index contributed by atoms with van der Waals surface area (Å²) in [6, 6.07) is 0. The number of amides is 3. The lowest BCUT2D eigenvalue weighted by Gasteiger charge is -2.35. The van der Waals surface area contributed by atoms with E-state index in [1.165, 1.54) is 0 Å². The third-order valence-corrected chi connectivity index (χ3v) is 5.61. The van der Waals surface area contributed by atoms with Gasteiger partial charge < -0.3 is 14.7 Å². The van der Waals surface area contributed by atoms with Gasteiger partial charge in [0, 0.05) is 52.2 Å². The molecule has 1 aromatic heterocycles. The molecule has 0 spiro atoms. The van der Waals surface area contributed by atoms with Crippen LogP contribution in [-0.2, 0) is 16.6 Å². The second-order valence-electron chi connectivity index (χ2n) is 7.43. The zero-order valence-corrected chi connectivity index (χ0v) is 15.2. The highest BCUT2D eigenvalue weighted by molar-refractivity contribution is 6.35. The highest BCUT2D eigenvalue weighted by Crippen LogP contribution is 2.41. The summed E-state index contributed by atoms with van der Waals surface area (Å²) in [5.41, 5.74) is 1.71. The van der Waals surface area contributed by atoms with Crippen LogP contribution in [0.15, 0.2) is 6.20 Å². The normalized spacial score (nSPS) is 20.6. The number of piperazine rings is 1. The van der Waals surface area contributed by atoms with Gasteiger partial charge in [-0.25, -0.2) is 0 Å². The molecule has 0 radical (unpaired) electrons. The van der Waals surface area contributed by atoms with Crippen LogP contribution in [0.5, 0.6) is 0 Å². The fourth-order valence-electron chi connectivity index (χ4n) is 3.93. The zero-order chi connectivity index (χ0) is 18.3. The van der Waals surface area contributed by atoms with E-state index in [4.69, 9.17) is 0 Å². The quantitative estimate of drug-likeness (QED) is 0.707. The van der Waals surface area contributed by atoms with Gasteiger partial charge in [-0.2, -0.15) is 5.10 Å². The van der Waals surface area contributed by atoms with Crippen molar-refractivity contribution in [2.75, 3.05) is 39.3 Å². The molecule has 1 saturated carbocycles. The third-order valence-electron chi connectivity index (χ3n) is 5.61. The van der Waals surface area contributed by atoms with Crippen LogP contribution in [0.4, 0.5) is 0 Å². The standard InChI is InChI=1S/C18H25N5O3/c1-20-15(13-4-5-13)14(12-19-20)16(24)22-8-10-23(11-9-22)18(26)17(25)21-6-2-3-7-21/h12-13H,2-11H2,1H3. The Labute approximate surface area is 152 Å². The van der Waals surface area contributed by atoms with Crippen molar-refractivity contribution in [3.05, 3.63) is 17.5 Å². The van der Waals surface area contributed by atoms with E-state index in [2.05, 4.69) is 5.10 Å². The number of carbonyl (C=O) groups excluding carboxylic acids is 3. The smallest absolute Gasteiger partial charge is 0.312 e. The molecule has 0 atom stereocenters. The molecule has 3 aliphatic rings. The van der Waals surface area contributed by atoms with Gasteiger partial charge in [-0.3, -0.25) is 19.1 Å². The van der Waals surface area contributed by atoms with Gasteiger partial charge in [0.15, 0.2) is 0 Å². The lowest BCUT2D eigenvalue weighted by Crippen LogP contribution is -2.54. The average Bonchev–Trinajstić information content (AvgIpc) is 3.19. The molecule has 4 rings (SSSR count). The highest BCUT2D eigenvalue weighted by Gasteiger charge is 2.35. The first kappa shape index (κ1) is 17.1. The number of aryl methyl sites for hydroxylation is 1. The van der Waals surface area contributed by atoms with Crippen LogP contribution in [0, 0.1) is 0 Å². The molecule has 0 N–H and O–H groups in total. The zero-order valence-electron chi connectivity index (χ0n) is 15.2.